The van der Waals surface area contributed by atoms with Crippen molar-refractivity contribution in [2.75, 3.05) is 0 Å². The van der Waals surface area contributed by atoms with Crippen LogP contribution < -0.4 is 0 Å². The second-order valence-corrected chi connectivity index (χ2v) is 3.09. The van der Waals surface area contributed by atoms with Gasteiger partial charge in [-0.3, -0.25) is 0 Å². The molecule has 6 heteroatoms. The van der Waals surface area contributed by atoms with Crippen molar-refractivity contribution in [2.24, 2.45) is 0 Å². The molecule has 0 spiro atoms. The summed E-state index contributed by atoms with van der Waals surface area (Å²) in [7, 11) is 0. The summed E-state index contributed by atoms with van der Waals surface area (Å²) < 4.78 is 27.1. The van der Waals surface area contributed by atoms with Gasteiger partial charge in [-0.2, -0.15) is 13.8 Å². The molecule has 1 aliphatic heterocycles. The first kappa shape index (κ1) is 7.15. The number of alkyl halides is 2. The van der Waals surface area contributed by atoms with Crippen LogP contribution in [-0.4, -0.2) is 14.8 Å². The third-order valence-electron chi connectivity index (χ3n) is 1.61. The zero-order chi connectivity index (χ0) is 8.06. The molecule has 1 aliphatic rings. The molecule has 0 aliphatic carbocycles. The van der Waals surface area contributed by atoms with Crippen molar-refractivity contribution < 1.29 is 8.78 Å². The molecule has 1 aromatic heterocycles. The molecule has 11 heavy (non-hydrogen) atoms. The SMILES string of the molecule is FC1(F)CCn2nc(Br)nc21. The van der Waals surface area contributed by atoms with Gasteiger partial charge in [0.05, 0.1) is 0 Å². The van der Waals surface area contributed by atoms with Gasteiger partial charge in [0.1, 0.15) is 0 Å². The van der Waals surface area contributed by atoms with E-state index in [4.69, 9.17) is 0 Å². The van der Waals surface area contributed by atoms with Crippen LogP contribution in [0.1, 0.15) is 12.2 Å². The number of hydrogen-bond acceptors (Lipinski definition) is 2. The van der Waals surface area contributed by atoms with Gasteiger partial charge >= 0.3 is 5.92 Å². The maximum Gasteiger partial charge on any atom is 0.308 e. The molecule has 0 atom stereocenters. The Morgan fingerprint density at radius 2 is 2.27 bits per heavy atom. The third-order valence-corrected chi connectivity index (χ3v) is 1.95. The van der Waals surface area contributed by atoms with Crippen LogP contribution in [0.5, 0.6) is 0 Å². The Hall–Kier alpha value is -0.520. The molecule has 0 amide bonds. The summed E-state index contributed by atoms with van der Waals surface area (Å²) in [6.07, 6.45) is -0.185. The molecule has 2 rings (SSSR count). The van der Waals surface area contributed by atoms with Gasteiger partial charge in [-0.1, -0.05) is 0 Å². The molecule has 0 saturated carbocycles. The number of aryl methyl sites for hydroxylation is 1. The summed E-state index contributed by atoms with van der Waals surface area (Å²) in [5.74, 6) is -3.02. The highest BCUT2D eigenvalue weighted by atomic mass is 79.9. The molecular weight excluding hydrogens is 220 g/mol. The minimum absolute atomic E-state index is 0.185. The average Bonchev–Trinajstić information content (AvgIpc) is 2.35. The van der Waals surface area contributed by atoms with E-state index in [1.165, 1.54) is 4.68 Å². The first-order valence-corrected chi connectivity index (χ1v) is 3.87. The molecule has 0 radical (unpaired) electrons. The Bertz CT molecular complexity index is 296. The van der Waals surface area contributed by atoms with Gasteiger partial charge in [0.2, 0.25) is 4.73 Å². The topological polar surface area (TPSA) is 30.7 Å². The molecule has 3 nitrogen and oxygen atoms in total. The summed E-state index contributed by atoms with van der Waals surface area (Å²) >= 11 is 2.93. The molecule has 1 aromatic rings. The minimum Gasteiger partial charge on any atom is -0.243 e. The van der Waals surface area contributed by atoms with Gasteiger partial charge in [-0.15, -0.1) is 5.10 Å². The molecule has 60 valence electrons. The van der Waals surface area contributed by atoms with E-state index in [0.29, 0.717) is 0 Å². The van der Waals surface area contributed by atoms with Gasteiger partial charge in [0.25, 0.3) is 0 Å². The highest BCUT2D eigenvalue weighted by molar-refractivity contribution is 9.10. The Morgan fingerprint density at radius 3 is 2.91 bits per heavy atom. The lowest BCUT2D eigenvalue weighted by atomic mass is 10.3. The van der Waals surface area contributed by atoms with Gasteiger partial charge in [0.15, 0.2) is 5.82 Å². The maximum absolute atomic E-state index is 12.8. The summed E-state index contributed by atoms with van der Waals surface area (Å²) in [4.78, 5) is 3.56. The van der Waals surface area contributed by atoms with E-state index >= 15 is 0 Å². The average molecular weight is 224 g/mol. The summed E-state index contributed by atoms with van der Waals surface area (Å²) in [5.41, 5.74) is 0. The van der Waals surface area contributed by atoms with Gasteiger partial charge in [0, 0.05) is 13.0 Å². The van der Waals surface area contributed by atoms with E-state index in [0.717, 1.165) is 0 Å². The van der Waals surface area contributed by atoms with Crippen LogP contribution in [0.2, 0.25) is 0 Å². The van der Waals surface area contributed by atoms with Crippen LogP contribution in [0, 0.1) is 0 Å². The first-order valence-electron chi connectivity index (χ1n) is 3.08. The van der Waals surface area contributed by atoms with Crippen LogP contribution in [0.4, 0.5) is 8.78 Å². The number of hydrogen-bond donors (Lipinski definition) is 0. The highest BCUT2D eigenvalue weighted by Gasteiger charge is 2.42. The Kier molecular flexibility index (Phi) is 1.30. The van der Waals surface area contributed by atoms with Crippen molar-refractivity contribution in [3.63, 3.8) is 0 Å². The second-order valence-electron chi connectivity index (χ2n) is 2.38. The standard InChI is InChI=1S/C5H4BrF2N3/c6-4-9-3-5(7,8)1-2-11(3)10-4/h1-2H2. The molecular formula is C5H4BrF2N3. The predicted octanol–water partition coefficient (Wildman–Crippen LogP) is 1.54. The lowest BCUT2D eigenvalue weighted by molar-refractivity contribution is -0.00634. The van der Waals surface area contributed by atoms with E-state index in [1.54, 1.807) is 0 Å². The van der Waals surface area contributed by atoms with Crippen LogP contribution >= 0.6 is 15.9 Å². The second kappa shape index (κ2) is 2.00. The molecule has 0 saturated heterocycles. The predicted molar refractivity (Wildman–Crippen MR) is 36.2 cm³/mol. The lowest BCUT2D eigenvalue weighted by Crippen LogP contribution is -2.09. The number of nitrogens with zero attached hydrogens (tertiary/aromatic N) is 3. The lowest BCUT2D eigenvalue weighted by Gasteiger charge is -2.02. The number of fused-ring (bicyclic) bond motifs is 1. The van der Waals surface area contributed by atoms with Crippen LogP contribution in [-0.2, 0) is 12.5 Å². The fraction of sp³-hybridized carbons (Fsp3) is 0.600. The van der Waals surface area contributed by atoms with Crippen LogP contribution in [0.25, 0.3) is 0 Å². The molecule has 2 heterocycles. The number of halogens is 3. The third kappa shape index (κ3) is 0.962. The van der Waals surface area contributed by atoms with E-state index in [-0.39, 0.29) is 23.5 Å². The van der Waals surface area contributed by atoms with Crippen molar-refractivity contribution in [1.82, 2.24) is 14.8 Å². The summed E-state index contributed by atoms with van der Waals surface area (Å²) in [6, 6.07) is 0. The first-order chi connectivity index (χ1) is 5.09. The van der Waals surface area contributed by atoms with Crippen molar-refractivity contribution >= 4 is 15.9 Å². The molecule has 0 bridgehead atoms. The Labute approximate surface area is 69.5 Å². The fourth-order valence-corrected chi connectivity index (χ4v) is 1.46. The van der Waals surface area contributed by atoms with Crippen molar-refractivity contribution in [2.45, 2.75) is 18.9 Å². The largest absolute Gasteiger partial charge is 0.308 e. The quantitative estimate of drug-likeness (QED) is 0.669. The summed E-state index contributed by atoms with van der Waals surface area (Å²) in [6.45, 7) is 0.251. The molecule has 0 unspecified atom stereocenters. The number of aromatic nitrogens is 3. The summed E-state index contributed by atoms with van der Waals surface area (Å²) in [5, 5.41) is 3.73. The Morgan fingerprint density at radius 1 is 1.55 bits per heavy atom. The molecule has 0 aromatic carbocycles. The minimum atomic E-state index is -2.79. The van der Waals surface area contributed by atoms with Crippen LogP contribution in [0.15, 0.2) is 4.73 Å². The molecule has 0 N–H and O–H groups in total. The van der Waals surface area contributed by atoms with E-state index < -0.39 is 5.92 Å². The van der Waals surface area contributed by atoms with E-state index in [2.05, 4.69) is 26.0 Å². The number of rotatable bonds is 0. The van der Waals surface area contributed by atoms with Crippen molar-refractivity contribution in [3.8, 4) is 0 Å². The monoisotopic (exact) mass is 223 g/mol. The van der Waals surface area contributed by atoms with Gasteiger partial charge < -0.3 is 0 Å². The maximum atomic E-state index is 12.8. The normalized spacial score (nSPS) is 20.3. The van der Waals surface area contributed by atoms with Crippen molar-refractivity contribution in [3.05, 3.63) is 10.6 Å². The zero-order valence-corrected chi connectivity index (χ0v) is 6.98. The smallest absolute Gasteiger partial charge is 0.243 e. The zero-order valence-electron chi connectivity index (χ0n) is 5.39. The van der Waals surface area contributed by atoms with Gasteiger partial charge in [-0.25, -0.2) is 4.68 Å². The Balaban J connectivity index is 2.54. The van der Waals surface area contributed by atoms with E-state index in [9.17, 15) is 8.78 Å². The highest BCUT2D eigenvalue weighted by Crippen LogP contribution is 2.36. The molecule has 0 fully saturated rings. The van der Waals surface area contributed by atoms with Gasteiger partial charge in [-0.05, 0) is 15.9 Å². The van der Waals surface area contributed by atoms with E-state index in [1.807, 2.05) is 0 Å². The van der Waals surface area contributed by atoms with Crippen LogP contribution in [0.3, 0.4) is 0 Å². The fourth-order valence-electron chi connectivity index (χ4n) is 1.10. The van der Waals surface area contributed by atoms with Crippen molar-refractivity contribution in [1.29, 1.82) is 0 Å².